The number of amides is 1. The molecule has 1 heterocycles. The molecular formula is C14H21NO4. The summed E-state index contributed by atoms with van der Waals surface area (Å²) in [6.45, 7) is 4.35. The normalized spacial score (nSPS) is 10.7. The van der Waals surface area contributed by atoms with Crippen molar-refractivity contribution in [2.45, 2.75) is 46.1 Å². The lowest BCUT2D eigenvalue weighted by molar-refractivity contribution is -0.125. The third kappa shape index (κ3) is 4.77. The van der Waals surface area contributed by atoms with Crippen LogP contribution in [0.25, 0.3) is 0 Å². The molecule has 0 spiro atoms. The second-order valence-corrected chi connectivity index (χ2v) is 4.56. The maximum Gasteiger partial charge on any atom is 0.371 e. The highest BCUT2D eigenvalue weighted by Crippen LogP contribution is 2.14. The van der Waals surface area contributed by atoms with Gasteiger partial charge in [-0.25, -0.2) is 4.79 Å². The number of hydrogen-bond acceptors (Lipinski definition) is 3. The minimum absolute atomic E-state index is 0.0111. The van der Waals surface area contributed by atoms with E-state index >= 15 is 0 Å². The van der Waals surface area contributed by atoms with Crippen molar-refractivity contribution in [2.75, 3.05) is 0 Å². The topological polar surface area (TPSA) is 79.5 Å². The molecule has 0 aliphatic carbocycles. The summed E-state index contributed by atoms with van der Waals surface area (Å²) in [4.78, 5) is 22.6. The van der Waals surface area contributed by atoms with Gasteiger partial charge in [0.15, 0.2) is 0 Å². The average molecular weight is 267 g/mol. The summed E-state index contributed by atoms with van der Waals surface area (Å²) in [5, 5.41) is 11.5. The maximum atomic E-state index is 12.0. The second-order valence-electron chi connectivity index (χ2n) is 4.56. The van der Waals surface area contributed by atoms with Crippen LogP contribution in [0.5, 0.6) is 0 Å². The fraction of sp³-hybridized carbons (Fsp3) is 0.571. The molecule has 0 fully saturated rings. The number of carbonyl (C=O) groups excluding carboxylic acids is 1. The van der Waals surface area contributed by atoms with Gasteiger partial charge in [-0.3, -0.25) is 4.79 Å². The number of carbonyl (C=O) groups is 2. The molecule has 1 aromatic heterocycles. The molecule has 0 saturated carbocycles. The molecule has 2 N–H and O–H groups in total. The van der Waals surface area contributed by atoms with E-state index in [1.807, 2.05) is 0 Å². The van der Waals surface area contributed by atoms with E-state index in [0.717, 1.165) is 25.7 Å². The zero-order valence-electron chi connectivity index (χ0n) is 11.4. The van der Waals surface area contributed by atoms with Crippen molar-refractivity contribution in [2.24, 2.45) is 5.92 Å². The van der Waals surface area contributed by atoms with Crippen LogP contribution < -0.4 is 5.32 Å². The summed E-state index contributed by atoms with van der Waals surface area (Å²) in [6.07, 6.45) is 3.69. The highest BCUT2D eigenvalue weighted by molar-refractivity contribution is 5.84. The van der Waals surface area contributed by atoms with Crippen molar-refractivity contribution in [3.63, 3.8) is 0 Å². The van der Waals surface area contributed by atoms with Crippen LogP contribution in [-0.2, 0) is 11.3 Å². The van der Waals surface area contributed by atoms with Crippen molar-refractivity contribution in [1.29, 1.82) is 0 Å². The van der Waals surface area contributed by atoms with E-state index in [2.05, 4.69) is 19.2 Å². The number of hydrogen-bond donors (Lipinski definition) is 2. The van der Waals surface area contributed by atoms with Gasteiger partial charge in [0.2, 0.25) is 11.7 Å². The minimum atomic E-state index is -1.10. The van der Waals surface area contributed by atoms with Crippen molar-refractivity contribution >= 4 is 11.9 Å². The Hall–Kier alpha value is -1.78. The smallest absolute Gasteiger partial charge is 0.371 e. The number of rotatable bonds is 8. The maximum absolute atomic E-state index is 12.0. The van der Waals surface area contributed by atoms with E-state index in [4.69, 9.17) is 9.52 Å². The van der Waals surface area contributed by atoms with Crippen molar-refractivity contribution < 1.29 is 19.1 Å². The Labute approximate surface area is 113 Å². The summed E-state index contributed by atoms with van der Waals surface area (Å²) >= 11 is 0. The van der Waals surface area contributed by atoms with Crippen LogP contribution in [0, 0.1) is 5.92 Å². The minimum Gasteiger partial charge on any atom is -0.475 e. The van der Waals surface area contributed by atoms with E-state index < -0.39 is 5.97 Å². The lowest BCUT2D eigenvalue weighted by Gasteiger charge is -2.14. The zero-order valence-corrected chi connectivity index (χ0v) is 11.4. The van der Waals surface area contributed by atoms with E-state index in [1.54, 1.807) is 6.07 Å². The van der Waals surface area contributed by atoms with Gasteiger partial charge in [-0.05, 0) is 25.0 Å². The van der Waals surface area contributed by atoms with Gasteiger partial charge in [-0.2, -0.15) is 0 Å². The molecule has 1 rings (SSSR count). The SMILES string of the molecule is CCCC(CCC)C(=O)NCc1ccc(C(=O)O)o1. The molecule has 0 bridgehead atoms. The summed E-state index contributed by atoms with van der Waals surface area (Å²) in [7, 11) is 0. The van der Waals surface area contributed by atoms with Crippen LogP contribution in [0.1, 0.15) is 55.8 Å². The Kier molecular flexibility index (Phi) is 6.12. The van der Waals surface area contributed by atoms with Crippen LogP contribution in [0.15, 0.2) is 16.5 Å². The van der Waals surface area contributed by atoms with Gasteiger partial charge in [0.1, 0.15) is 5.76 Å². The molecule has 5 heteroatoms. The van der Waals surface area contributed by atoms with E-state index in [0.29, 0.717) is 5.76 Å². The first-order chi connectivity index (χ1) is 9.08. The molecule has 5 nitrogen and oxygen atoms in total. The Bertz CT molecular complexity index is 419. The second kappa shape index (κ2) is 7.61. The van der Waals surface area contributed by atoms with Gasteiger partial charge < -0.3 is 14.8 Å². The molecule has 0 aromatic carbocycles. The zero-order chi connectivity index (χ0) is 14.3. The lowest BCUT2D eigenvalue weighted by Crippen LogP contribution is -2.30. The van der Waals surface area contributed by atoms with Crippen LogP contribution in [0.2, 0.25) is 0 Å². The van der Waals surface area contributed by atoms with Crippen LogP contribution >= 0.6 is 0 Å². The number of nitrogens with one attached hydrogen (secondary N) is 1. The van der Waals surface area contributed by atoms with Gasteiger partial charge in [-0.15, -0.1) is 0 Å². The van der Waals surface area contributed by atoms with Crippen LogP contribution in [-0.4, -0.2) is 17.0 Å². The van der Waals surface area contributed by atoms with E-state index in [9.17, 15) is 9.59 Å². The summed E-state index contributed by atoms with van der Waals surface area (Å²) in [5.74, 6) is -0.714. The first-order valence-corrected chi connectivity index (χ1v) is 6.68. The standard InChI is InChI=1S/C14H21NO4/c1-3-5-10(6-4-2)13(16)15-9-11-7-8-12(19-11)14(17)18/h7-8,10H,3-6,9H2,1-2H3,(H,15,16)(H,17,18). The molecule has 0 unspecified atom stereocenters. The van der Waals surface area contributed by atoms with Crippen molar-refractivity contribution in [3.05, 3.63) is 23.7 Å². The summed E-state index contributed by atoms with van der Waals surface area (Å²) in [6, 6.07) is 2.96. The largest absolute Gasteiger partial charge is 0.475 e. The predicted molar refractivity (Wildman–Crippen MR) is 70.8 cm³/mol. The molecule has 1 aromatic rings. The third-order valence-corrected chi connectivity index (χ3v) is 2.95. The average Bonchev–Trinajstić information content (AvgIpc) is 2.84. The lowest BCUT2D eigenvalue weighted by atomic mass is 9.97. The van der Waals surface area contributed by atoms with E-state index in [-0.39, 0.29) is 24.1 Å². The third-order valence-electron chi connectivity index (χ3n) is 2.95. The Morgan fingerprint density at radius 3 is 2.37 bits per heavy atom. The molecule has 106 valence electrons. The molecule has 0 atom stereocenters. The van der Waals surface area contributed by atoms with Gasteiger partial charge >= 0.3 is 5.97 Å². The van der Waals surface area contributed by atoms with Crippen LogP contribution in [0.4, 0.5) is 0 Å². The van der Waals surface area contributed by atoms with Crippen molar-refractivity contribution in [3.8, 4) is 0 Å². The molecule has 0 aliphatic heterocycles. The molecule has 0 saturated heterocycles. The molecule has 0 radical (unpaired) electrons. The molecule has 1 amide bonds. The highest BCUT2D eigenvalue weighted by Gasteiger charge is 2.17. The van der Waals surface area contributed by atoms with Crippen LogP contribution in [0.3, 0.4) is 0 Å². The Morgan fingerprint density at radius 1 is 1.26 bits per heavy atom. The number of carboxylic acids is 1. The molecule has 0 aliphatic rings. The first kappa shape index (κ1) is 15.3. The van der Waals surface area contributed by atoms with Gasteiger partial charge in [0.05, 0.1) is 6.54 Å². The number of carboxylic acid groups (broad SMARTS) is 1. The monoisotopic (exact) mass is 267 g/mol. The van der Waals surface area contributed by atoms with Crippen molar-refractivity contribution in [1.82, 2.24) is 5.32 Å². The van der Waals surface area contributed by atoms with Gasteiger partial charge in [-0.1, -0.05) is 26.7 Å². The van der Waals surface area contributed by atoms with E-state index in [1.165, 1.54) is 6.07 Å². The van der Waals surface area contributed by atoms with Gasteiger partial charge in [0, 0.05) is 5.92 Å². The summed E-state index contributed by atoms with van der Waals surface area (Å²) in [5.41, 5.74) is 0. The highest BCUT2D eigenvalue weighted by atomic mass is 16.4. The van der Waals surface area contributed by atoms with Gasteiger partial charge in [0.25, 0.3) is 0 Å². The molecular weight excluding hydrogens is 246 g/mol. The fourth-order valence-electron chi connectivity index (χ4n) is 2.01. The predicted octanol–water partition coefficient (Wildman–Crippen LogP) is 2.81. The Morgan fingerprint density at radius 2 is 1.89 bits per heavy atom. The fourth-order valence-corrected chi connectivity index (χ4v) is 2.01. The quantitative estimate of drug-likeness (QED) is 0.759. The number of furan rings is 1. The number of aromatic carboxylic acids is 1. The summed E-state index contributed by atoms with van der Waals surface area (Å²) < 4.78 is 5.08. The molecule has 19 heavy (non-hydrogen) atoms. The first-order valence-electron chi connectivity index (χ1n) is 6.68. The Balaban J connectivity index is 2.49.